The van der Waals surface area contributed by atoms with Crippen LogP contribution in [0.2, 0.25) is 10.0 Å². The van der Waals surface area contributed by atoms with E-state index in [1.54, 1.807) is 25.2 Å². The minimum Gasteiger partial charge on any atom is -0.346 e. The number of benzene rings is 1. The van der Waals surface area contributed by atoms with E-state index in [2.05, 4.69) is 5.32 Å². The fourth-order valence-corrected chi connectivity index (χ4v) is 1.70. The maximum absolute atomic E-state index is 11.7. The maximum Gasteiger partial charge on any atom is 0.242 e. The highest BCUT2D eigenvalue weighted by molar-refractivity contribution is 6.42. The lowest BCUT2D eigenvalue weighted by atomic mass is 10.2. The van der Waals surface area contributed by atoms with Gasteiger partial charge in [-0.2, -0.15) is 0 Å². The van der Waals surface area contributed by atoms with Gasteiger partial charge in [-0.1, -0.05) is 29.3 Å². The van der Waals surface area contributed by atoms with Crippen LogP contribution >= 0.6 is 23.2 Å². The van der Waals surface area contributed by atoms with Crippen LogP contribution in [-0.2, 0) is 16.1 Å². The van der Waals surface area contributed by atoms with E-state index in [0.717, 1.165) is 5.56 Å². The number of rotatable bonds is 5. The molecular weight excluding hydrogens is 289 g/mol. The van der Waals surface area contributed by atoms with E-state index in [9.17, 15) is 9.59 Å². The second-order valence-electron chi connectivity index (χ2n) is 3.98. The lowest BCUT2D eigenvalue weighted by Gasteiger charge is -2.17. The van der Waals surface area contributed by atoms with Crippen molar-refractivity contribution in [2.24, 2.45) is 5.73 Å². The van der Waals surface area contributed by atoms with Crippen molar-refractivity contribution in [1.29, 1.82) is 0 Å². The summed E-state index contributed by atoms with van der Waals surface area (Å²) < 4.78 is 0. The molecule has 7 heteroatoms. The largest absolute Gasteiger partial charge is 0.346 e. The molecule has 5 nitrogen and oxygen atoms in total. The Morgan fingerprint density at radius 2 is 2.00 bits per heavy atom. The minimum absolute atomic E-state index is 0.0755. The monoisotopic (exact) mass is 303 g/mol. The Bertz CT molecular complexity index is 480. The Balaban J connectivity index is 2.53. The van der Waals surface area contributed by atoms with Gasteiger partial charge in [0.1, 0.15) is 0 Å². The Morgan fingerprint density at radius 1 is 1.32 bits per heavy atom. The normalized spacial score (nSPS) is 10.1. The minimum atomic E-state index is -0.365. The molecule has 104 valence electrons. The van der Waals surface area contributed by atoms with E-state index in [1.165, 1.54) is 4.90 Å². The zero-order chi connectivity index (χ0) is 14.4. The standard InChI is InChI=1S/C12H15Cl2N3O2/c1-17(12(19)6-16-11(18)5-15)7-8-2-3-9(13)10(14)4-8/h2-4H,5-7,15H2,1H3,(H,16,18). The molecule has 0 aliphatic rings. The first-order valence-corrected chi connectivity index (χ1v) is 6.34. The van der Waals surface area contributed by atoms with Crippen LogP contribution in [0, 0.1) is 0 Å². The van der Waals surface area contributed by atoms with E-state index in [4.69, 9.17) is 28.9 Å². The number of halogens is 2. The molecule has 2 amide bonds. The Kier molecular flexibility index (Phi) is 6.08. The third-order valence-corrected chi connectivity index (χ3v) is 3.19. The molecule has 19 heavy (non-hydrogen) atoms. The van der Waals surface area contributed by atoms with E-state index < -0.39 is 0 Å². The van der Waals surface area contributed by atoms with Gasteiger partial charge in [0.15, 0.2) is 0 Å². The van der Waals surface area contributed by atoms with Gasteiger partial charge in [0.05, 0.1) is 23.1 Å². The van der Waals surface area contributed by atoms with E-state index in [-0.39, 0.29) is 24.9 Å². The molecule has 0 heterocycles. The number of nitrogens with one attached hydrogen (secondary N) is 1. The van der Waals surface area contributed by atoms with Crippen LogP contribution < -0.4 is 11.1 Å². The Morgan fingerprint density at radius 3 is 2.58 bits per heavy atom. The molecular formula is C12H15Cl2N3O2. The van der Waals surface area contributed by atoms with E-state index in [0.29, 0.717) is 16.6 Å². The fraction of sp³-hybridized carbons (Fsp3) is 0.333. The van der Waals surface area contributed by atoms with Gasteiger partial charge in [-0.3, -0.25) is 9.59 Å². The average Bonchev–Trinajstić information content (AvgIpc) is 2.39. The summed E-state index contributed by atoms with van der Waals surface area (Å²) in [6.45, 7) is 0.172. The predicted molar refractivity (Wildman–Crippen MR) is 75.0 cm³/mol. The van der Waals surface area contributed by atoms with Crippen LogP contribution in [0.25, 0.3) is 0 Å². The van der Waals surface area contributed by atoms with E-state index in [1.807, 2.05) is 0 Å². The number of carbonyl (C=O) groups excluding carboxylic acids is 2. The molecule has 3 N–H and O–H groups in total. The quantitative estimate of drug-likeness (QED) is 0.853. The van der Waals surface area contributed by atoms with Gasteiger partial charge in [0.25, 0.3) is 0 Å². The molecule has 0 atom stereocenters. The van der Waals surface area contributed by atoms with Crippen molar-refractivity contribution in [1.82, 2.24) is 10.2 Å². The summed E-state index contributed by atoms with van der Waals surface area (Å²) in [4.78, 5) is 24.2. The molecule has 0 saturated heterocycles. The zero-order valence-corrected chi connectivity index (χ0v) is 12.0. The summed E-state index contributed by atoms with van der Waals surface area (Å²) in [5, 5.41) is 3.33. The van der Waals surface area contributed by atoms with Crippen LogP contribution in [0.5, 0.6) is 0 Å². The second kappa shape index (κ2) is 7.33. The average molecular weight is 304 g/mol. The topological polar surface area (TPSA) is 75.4 Å². The SMILES string of the molecule is CN(Cc1ccc(Cl)c(Cl)c1)C(=O)CNC(=O)CN. The highest BCUT2D eigenvalue weighted by Gasteiger charge is 2.11. The molecule has 0 aliphatic carbocycles. The Hall–Kier alpha value is -1.30. The highest BCUT2D eigenvalue weighted by Crippen LogP contribution is 2.23. The van der Waals surface area contributed by atoms with E-state index >= 15 is 0 Å². The maximum atomic E-state index is 11.7. The lowest BCUT2D eigenvalue weighted by Crippen LogP contribution is -2.40. The number of nitrogens with zero attached hydrogens (tertiary/aromatic N) is 1. The van der Waals surface area contributed by atoms with Gasteiger partial charge in [-0.05, 0) is 17.7 Å². The third-order valence-electron chi connectivity index (χ3n) is 2.45. The summed E-state index contributed by atoms with van der Waals surface area (Å²) in [6.07, 6.45) is 0. The zero-order valence-electron chi connectivity index (χ0n) is 10.5. The van der Waals surface area contributed by atoms with Gasteiger partial charge in [-0.25, -0.2) is 0 Å². The molecule has 1 aromatic rings. The summed E-state index contributed by atoms with van der Waals surface area (Å²) in [5.41, 5.74) is 5.98. The van der Waals surface area contributed by atoms with Crippen molar-refractivity contribution in [3.63, 3.8) is 0 Å². The first-order chi connectivity index (χ1) is 8.93. The van der Waals surface area contributed by atoms with Gasteiger partial charge >= 0.3 is 0 Å². The smallest absolute Gasteiger partial charge is 0.242 e. The molecule has 0 bridgehead atoms. The summed E-state index contributed by atoms with van der Waals surface area (Å²) in [6, 6.07) is 5.16. The number of hydrogen-bond acceptors (Lipinski definition) is 3. The van der Waals surface area contributed by atoms with Crippen LogP contribution in [-0.4, -0.2) is 36.9 Å². The van der Waals surface area contributed by atoms with Crippen molar-refractivity contribution in [3.8, 4) is 0 Å². The van der Waals surface area contributed by atoms with Crippen LogP contribution in [0.1, 0.15) is 5.56 Å². The van der Waals surface area contributed by atoms with Gasteiger partial charge in [-0.15, -0.1) is 0 Å². The van der Waals surface area contributed by atoms with Gasteiger partial charge in [0, 0.05) is 13.6 Å². The predicted octanol–water partition coefficient (Wildman–Crippen LogP) is 1.03. The molecule has 0 unspecified atom stereocenters. The Labute approximate surface area is 121 Å². The molecule has 1 aromatic carbocycles. The summed E-state index contributed by atoms with van der Waals surface area (Å²) in [5.74, 6) is -0.579. The summed E-state index contributed by atoms with van der Waals surface area (Å²) in [7, 11) is 1.64. The highest BCUT2D eigenvalue weighted by atomic mass is 35.5. The van der Waals surface area contributed by atoms with Crippen molar-refractivity contribution in [2.75, 3.05) is 20.1 Å². The molecule has 0 fully saturated rings. The van der Waals surface area contributed by atoms with Crippen LogP contribution in [0.4, 0.5) is 0 Å². The number of likely N-dealkylation sites (N-methyl/N-ethyl adjacent to an activating group) is 1. The van der Waals surface area contributed by atoms with Crippen molar-refractivity contribution < 1.29 is 9.59 Å². The van der Waals surface area contributed by atoms with Crippen LogP contribution in [0.3, 0.4) is 0 Å². The number of nitrogens with two attached hydrogens (primary N) is 1. The lowest BCUT2D eigenvalue weighted by molar-refractivity contribution is -0.131. The molecule has 1 rings (SSSR count). The fourth-order valence-electron chi connectivity index (χ4n) is 1.38. The number of carbonyl (C=O) groups is 2. The van der Waals surface area contributed by atoms with Gasteiger partial charge in [0.2, 0.25) is 11.8 Å². The molecule has 0 aromatic heterocycles. The van der Waals surface area contributed by atoms with Gasteiger partial charge < -0.3 is 16.0 Å². The first-order valence-electron chi connectivity index (χ1n) is 5.58. The third kappa shape index (κ3) is 5.06. The molecule has 0 spiro atoms. The van der Waals surface area contributed by atoms with Crippen molar-refractivity contribution >= 4 is 35.0 Å². The molecule has 0 saturated carbocycles. The summed E-state index contributed by atoms with van der Waals surface area (Å²) >= 11 is 11.7. The first kappa shape index (κ1) is 15.8. The van der Waals surface area contributed by atoms with Crippen molar-refractivity contribution in [3.05, 3.63) is 33.8 Å². The number of amides is 2. The van der Waals surface area contributed by atoms with Crippen LogP contribution in [0.15, 0.2) is 18.2 Å². The second-order valence-corrected chi connectivity index (χ2v) is 4.79. The van der Waals surface area contributed by atoms with Crippen molar-refractivity contribution in [2.45, 2.75) is 6.54 Å². The number of hydrogen-bond donors (Lipinski definition) is 2. The molecule has 0 aliphatic heterocycles. The molecule has 0 radical (unpaired) electrons.